The van der Waals surface area contributed by atoms with Crippen molar-refractivity contribution < 1.29 is 13.7 Å². The molecule has 0 atom stereocenters. The molecule has 1 aromatic rings. The van der Waals surface area contributed by atoms with Crippen LogP contribution >= 0.6 is 0 Å². The summed E-state index contributed by atoms with van der Waals surface area (Å²) in [6.07, 6.45) is 3.88. The predicted octanol–water partition coefficient (Wildman–Crippen LogP) is 2.48. The minimum absolute atomic E-state index is 0.0477. The Morgan fingerprint density at radius 3 is 3.00 bits per heavy atom. The molecule has 2 rings (SSSR count). The standard InChI is InChI=1S/C14H17NO3S/c1-2-3-4-14(19-17)18-11-6-7-12-10(9-11)5-8-13(16)15-12/h6-7,9H,2-5,8H2,1H3,(H,15,16). The number of benzene rings is 1. The summed E-state index contributed by atoms with van der Waals surface area (Å²) in [4.78, 5) is 11.3. The lowest BCUT2D eigenvalue weighted by Gasteiger charge is -2.17. The molecule has 1 amide bonds. The van der Waals surface area contributed by atoms with Gasteiger partial charge in [0.2, 0.25) is 5.91 Å². The van der Waals surface area contributed by atoms with Crippen molar-refractivity contribution >= 4 is 27.9 Å². The van der Waals surface area contributed by atoms with Crippen molar-refractivity contribution in [3.05, 3.63) is 23.8 Å². The highest BCUT2D eigenvalue weighted by Crippen LogP contribution is 2.27. The Bertz CT molecular complexity index is 535. The van der Waals surface area contributed by atoms with Crippen molar-refractivity contribution in [1.82, 2.24) is 0 Å². The summed E-state index contributed by atoms with van der Waals surface area (Å²) in [5, 5.41) is 3.32. The number of fused-ring (bicyclic) bond motifs is 1. The molecule has 0 fully saturated rings. The van der Waals surface area contributed by atoms with Crippen LogP contribution in [0.5, 0.6) is 5.75 Å². The topological polar surface area (TPSA) is 55.4 Å². The van der Waals surface area contributed by atoms with Crippen LogP contribution in [0.15, 0.2) is 18.2 Å². The lowest BCUT2D eigenvalue weighted by atomic mass is 10.0. The number of rotatable bonds is 4. The molecule has 1 aliphatic rings. The van der Waals surface area contributed by atoms with E-state index < -0.39 is 0 Å². The van der Waals surface area contributed by atoms with E-state index in [-0.39, 0.29) is 5.91 Å². The summed E-state index contributed by atoms with van der Waals surface area (Å²) in [6, 6.07) is 5.51. The maximum absolute atomic E-state index is 11.3. The summed E-state index contributed by atoms with van der Waals surface area (Å²) < 4.78 is 16.6. The maximum atomic E-state index is 11.3. The van der Waals surface area contributed by atoms with E-state index in [4.69, 9.17) is 4.74 Å². The highest BCUT2D eigenvalue weighted by atomic mass is 32.1. The summed E-state index contributed by atoms with van der Waals surface area (Å²) in [5.41, 5.74) is 1.90. The van der Waals surface area contributed by atoms with E-state index in [0.29, 0.717) is 41.3 Å². The molecule has 0 aromatic heterocycles. The van der Waals surface area contributed by atoms with Gasteiger partial charge in [-0.15, -0.1) is 0 Å². The number of hydrogen-bond donors (Lipinski definition) is 1. The van der Waals surface area contributed by atoms with E-state index in [9.17, 15) is 9.00 Å². The molecule has 0 saturated carbocycles. The number of hydrogen-bond acceptors (Lipinski definition) is 3. The molecule has 0 bridgehead atoms. The summed E-state index contributed by atoms with van der Waals surface area (Å²) in [5.74, 6) is 0.718. The van der Waals surface area contributed by atoms with E-state index in [1.165, 1.54) is 0 Å². The van der Waals surface area contributed by atoms with E-state index in [1.807, 2.05) is 12.1 Å². The fourth-order valence-electron chi connectivity index (χ4n) is 1.99. The van der Waals surface area contributed by atoms with Gasteiger partial charge in [0.05, 0.1) is 0 Å². The minimum Gasteiger partial charge on any atom is -0.448 e. The fourth-order valence-corrected chi connectivity index (χ4v) is 2.34. The van der Waals surface area contributed by atoms with Gasteiger partial charge in [-0.2, -0.15) is 0 Å². The molecule has 1 aromatic carbocycles. The van der Waals surface area contributed by atoms with Gasteiger partial charge in [0.1, 0.15) is 17.0 Å². The van der Waals surface area contributed by atoms with Crippen LogP contribution in [-0.2, 0) is 22.5 Å². The first kappa shape index (κ1) is 13.8. The Morgan fingerprint density at radius 2 is 2.26 bits per heavy atom. The Labute approximate surface area is 116 Å². The van der Waals surface area contributed by atoms with Gasteiger partial charge < -0.3 is 10.1 Å². The Morgan fingerprint density at radius 1 is 1.42 bits per heavy atom. The number of carbonyl (C=O) groups excluding carboxylic acids is 1. The van der Waals surface area contributed by atoms with Crippen LogP contribution in [0.2, 0.25) is 0 Å². The number of unbranched alkanes of at least 4 members (excludes halogenated alkanes) is 1. The zero-order valence-corrected chi connectivity index (χ0v) is 11.7. The van der Waals surface area contributed by atoms with Gasteiger partial charge in [0.15, 0.2) is 5.05 Å². The van der Waals surface area contributed by atoms with Crippen molar-refractivity contribution in [3.8, 4) is 5.75 Å². The Hall–Kier alpha value is -1.62. The summed E-state index contributed by atoms with van der Waals surface area (Å²) in [6.45, 7) is 2.08. The first-order chi connectivity index (χ1) is 9.22. The molecule has 4 nitrogen and oxygen atoms in total. The zero-order chi connectivity index (χ0) is 13.7. The number of amides is 1. The van der Waals surface area contributed by atoms with E-state index in [2.05, 4.69) is 12.2 Å². The summed E-state index contributed by atoms with van der Waals surface area (Å²) in [7, 11) is 0. The monoisotopic (exact) mass is 279 g/mol. The van der Waals surface area contributed by atoms with Crippen LogP contribution < -0.4 is 10.1 Å². The molecule has 19 heavy (non-hydrogen) atoms. The van der Waals surface area contributed by atoms with Crippen LogP contribution in [0.1, 0.15) is 38.2 Å². The van der Waals surface area contributed by atoms with Crippen LogP contribution in [0.4, 0.5) is 5.69 Å². The Kier molecular flexibility index (Phi) is 4.74. The second-order valence-corrected chi connectivity index (χ2v) is 5.15. The highest BCUT2D eigenvalue weighted by molar-refractivity contribution is 7.66. The fraction of sp³-hybridized carbons (Fsp3) is 0.429. The van der Waals surface area contributed by atoms with E-state index in [0.717, 1.165) is 24.1 Å². The number of nitrogens with one attached hydrogen (secondary N) is 1. The molecular formula is C14H17NO3S. The zero-order valence-electron chi connectivity index (χ0n) is 10.9. The maximum Gasteiger partial charge on any atom is 0.224 e. The quantitative estimate of drug-likeness (QED) is 0.861. The largest absolute Gasteiger partial charge is 0.448 e. The van der Waals surface area contributed by atoms with Gasteiger partial charge in [0, 0.05) is 18.5 Å². The molecular weight excluding hydrogens is 262 g/mol. The third-order valence-electron chi connectivity index (χ3n) is 3.03. The molecule has 0 saturated heterocycles. The summed E-state index contributed by atoms with van der Waals surface area (Å²) >= 11 is 0.417. The Balaban J connectivity index is 2.10. The molecule has 0 spiro atoms. The lowest BCUT2D eigenvalue weighted by Crippen LogP contribution is -2.19. The first-order valence-corrected chi connectivity index (χ1v) is 7.23. The number of anilines is 1. The van der Waals surface area contributed by atoms with Gasteiger partial charge in [-0.25, -0.2) is 4.21 Å². The molecule has 1 aliphatic heterocycles. The molecule has 5 heteroatoms. The van der Waals surface area contributed by atoms with E-state index >= 15 is 0 Å². The van der Waals surface area contributed by atoms with Gasteiger partial charge in [-0.1, -0.05) is 13.3 Å². The van der Waals surface area contributed by atoms with Gasteiger partial charge in [-0.05, 0) is 36.6 Å². The number of aryl methyl sites for hydroxylation is 1. The van der Waals surface area contributed by atoms with Crippen LogP contribution in [-0.4, -0.2) is 15.2 Å². The van der Waals surface area contributed by atoms with Crippen molar-refractivity contribution in [2.24, 2.45) is 0 Å². The number of ether oxygens (including phenoxy) is 1. The average molecular weight is 279 g/mol. The van der Waals surface area contributed by atoms with Crippen LogP contribution in [0, 0.1) is 0 Å². The van der Waals surface area contributed by atoms with Crippen LogP contribution in [0.25, 0.3) is 0 Å². The molecule has 102 valence electrons. The smallest absolute Gasteiger partial charge is 0.224 e. The minimum atomic E-state index is 0.0477. The van der Waals surface area contributed by atoms with Gasteiger partial charge >= 0.3 is 0 Å². The van der Waals surface area contributed by atoms with E-state index in [1.54, 1.807) is 6.07 Å². The molecule has 0 radical (unpaired) electrons. The molecule has 0 aliphatic carbocycles. The van der Waals surface area contributed by atoms with Crippen molar-refractivity contribution in [1.29, 1.82) is 0 Å². The molecule has 1 heterocycles. The van der Waals surface area contributed by atoms with Crippen molar-refractivity contribution in [2.75, 3.05) is 5.32 Å². The third kappa shape index (κ3) is 3.67. The first-order valence-electron chi connectivity index (χ1n) is 6.49. The predicted molar refractivity (Wildman–Crippen MR) is 76.7 cm³/mol. The van der Waals surface area contributed by atoms with Crippen molar-refractivity contribution in [2.45, 2.75) is 39.0 Å². The van der Waals surface area contributed by atoms with Crippen LogP contribution in [0.3, 0.4) is 0 Å². The van der Waals surface area contributed by atoms with Gasteiger partial charge in [0.25, 0.3) is 0 Å². The molecule has 0 unspecified atom stereocenters. The SMILES string of the molecule is CCCCC(Oc1ccc2c(c1)CCC(=O)N2)=S=O. The average Bonchev–Trinajstić information content (AvgIpc) is 2.43. The van der Waals surface area contributed by atoms with Gasteiger partial charge in [-0.3, -0.25) is 4.79 Å². The normalized spacial score (nSPS) is 13.4. The lowest BCUT2D eigenvalue weighted by molar-refractivity contribution is -0.116. The molecule has 1 N–H and O–H groups in total. The van der Waals surface area contributed by atoms with Crippen molar-refractivity contribution in [3.63, 3.8) is 0 Å². The third-order valence-corrected chi connectivity index (χ3v) is 3.50. The highest BCUT2D eigenvalue weighted by Gasteiger charge is 2.15. The second-order valence-electron chi connectivity index (χ2n) is 4.53. The second kappa shape index (κ2) is 6.52. The number of carbonyl (C=O) groups is 1.